The smallest absolute Gasteiger partial charge is 0.305 e. The lowest BCUT2D eigenvalue weighted by Crippen LogP contribution is -2.18. The molecule has 0 saturated heterocycles. The number of nitrogens with two attached hydrogens (primary N) is 1. The number of aryl methyl sites for hydroxylation is 1. The molecular weight excluding hydrogens is 206 g/mol. The highest BCUT2D eigenvalue weighted by Crippen LogP contribution is 2.24. The molecule has 5 nitrogen and oxygen atoms in total. The summed E-state index contributed by atoms with van der Waals surface area (Å²) in [4.78, 5) is 10.6. The highest BCUT2D eigenvalue weighted by atomic mass is 16.4. The van der Waals surface area contributed by atoms with Crippen molar-refractivity contribution < 1.29 is 9.90 Å². The lowest BCUT2D eigenvalue weighted by atomic mass is 9.92. The largest absolute Gasteiger partial charge is 0.481 e. The zero-order valence-electron chi connectivity index (χ0n) is 10.2. The first-order valence-corrected chi connectivity index (χ1v) is 5.23. The van der Waals surface area contributed by atoms with E-state index in [0.717, 1.165) is 11.4 Å². The van der Waals surface area contributed by atoms with Crippen LogP contribution in [0.25, 0.3) is 0 Å². The molecule has 1 aromatic rings. The molecule has 0 aliphatic rings. The summed E-state index contributed by atoms with van der Waals surface area (Å²) in [5, 5.41) is 13.0. The molecule has 1 unspecified atom stereocenters. The van der Waals surface area contributed by atoms with Gasteiger partial charge in [0, 0.05) is 12.5 Å². The van der Waals surface area contributed by atoms with E-state index in [0.29, 0.717) is 0 Å². The number of carboxylic acids is 1. The summed E-state index contributed by atoms with van der Waals surface area (Å²) in [7, 11) is 1.78. The van der Waals surface area contributed by atoms with Crippen LogP contribution in [0.1, 0.15) is 44.6 Å². The standard InChI is InChI=1S/C11H19N3O2/c1-11(2,3)9-6-8(14(4)13-9)7(12)5-10(15)16/h6-7H,5,12H2,1-4H3,(H,15,16). The van der Waals surface area contributed by atoms with Gasteiger partial charge in [0.15, 0.2) is 0 Å². The molecule has 3 N–H and O–H groups in total. The Bertz CT molecular complexity index is 390. The van der Waals surface area contributed by atoms with Crippen molar-refractivity contribution in [3.05, 3.63) is 17.5 Å². The molecule has 1 aromatic heterocycles. The van der Waals surface area contributed by atoms with Crippen molar-refractivity contribution in [3.8, 4) is 0 Å². The van der Waals surface area contributed by atoms with Crippen LogP contribution in [0.2, 0.25) is 0 Å². The first kappa shape index (κ1) is 12.7. The predicted molar refractivity (Wildman–Crippen MR) is 61.1 cm³/mol. The van der Waals surface area contributed by atoms with E-state index in [1.165, 1.54) is 0 Å². The van der Waals surface area contributed by atoms with Gasteiger partial charge in [0.05, 0.1) is 23.9 Å². The van der Waals surface area contributed by atoms with Crippen LogP contribution < -0.4 is 5.73 Å². The monoisotopic (exact) mass is 225 g/mol. The second-order valence-corrected chi connectivity index (χ2v) is 5.03. The number of aliphatic carboxylic acids is 1. The molecule has 90 valence electrons. The molecule has 0 aliphatic heterocycles. The number of nitrogens with zero attached hydrogens (tertiary/aromatic N) is 2. The molecule has 5 heteroatoms. The van der Waals surface area contributed by atoms with Gasteiger partial charge in [0.25, 0.3) is 0 Å². The fourth-order valence-corrected chi connectivity index (χ4v) is 1.49. The Labute approximate surface area is 95.3 Å². The number of carboxylic acid groups (broad SMARTS) is 1. The Morgan fingerprint density at radius 2 is 2.19 bits per heavy atom. The summed E-state index contributed by atoms with van der Waals surface area (Å²) in [5.41, 5.74) is 7.43. The van der Waals surface area contributed by atoms with E-state index in [1.54, 1.807) is 11.7 Å². The lowest BCUT2D eigenvalue weighted by molar-refractivity contribution is -0.137. The van der Waals surface area contributed by atoms with E-state index in [1.807, 2.05) is 6.07 Å². The minimum atomic E-state index is -0.897. The maximum absolute atomic E-state index is 10.6. The minimum absolute atomic E-state index is 0.0566. The molecular formula is C11H19N3O2. The second-order valence-electron chi connectivity index (χ2n) is 5.03. The van der Waals surface area contributed by atoms with Crippen LogP contribution >= 0.6 is 0 Å². The maximum atomic E-state index is 10.6. The summed E-state index contributed by atoms with van der Waals surface area (Å²) >= 11 is 0. The van der Waals surface area contributed by atoms with Crippen molar-refractivity contribution in [1.29, 1.82) is 0 Å². The Morgan fingerprint density at radius 3 is 2.56 bits per heavy atom. The van der Waals surface area contributed by atoms with Crippen molar-refractivity contribution in [3.63, 3.8) is 0 Å². The van der Waals surface area contributed by atoms with Crippen LogP contribution in [0.15, 0.2) is 6.07 Å². The third-order valence-electron chi connectivity index (χ3n) is 2.46. The maximum Gasteiger partial charge on any atom is 0.305 e. The molecule has 1 heterocycles. The van der Waals surface area contributed by atoms with Crippen LogP contribution in [-0.2, 0) is 17.3 Å². The number of carbonyl (C=O) groups is 1. The fraction of sp³-hybridized carbons (Fsp3) is 0.636. The molecule has 0 radical (unpaired) electrons. The Balaban J connectivity index is 2.98. The van der Waals surface area contributed by atoms with Gasteiger partial charge in [-0.1, -0.05) is 20.8 Å². The molecule has 0 bridgehead atoms. The van der Waals surface area contributed by atoms with E-state index in [4.69, 9.17) is 10.8 Å². The van der Waals surface area contributed by atoms with Crippen molar-refractivity contribution in [1.82, 2.24) is 9.78 Å². The van der Waals surface area contributed by atoms with Crippen LogP contribution in [0.5, 0.6) is 0 Å². The first-order chi connectivity index (χ1) is 7.21. The van der Waals surface area contributed by atoms with E-state index in [-0.39, 0.29) is 11.8 Å². The molecule has 0 aromatic carbocycles. The Morgan fingerprint density at radius 1 is 1.62 bits per heavy atom. The molecule has 0 fully saturated rings. The normalized spacial score (nSPS) is 13.8. The van der Waals surface area contributed by atoms with Crippen LogP contribution in [0, 0.1) is 0 Å². The number of hydrogen-bond acceptors (Lipinski definition) is 3. The van der Waals surface area contributed by atoms with Gasteiger partial charge in [-0.2, -0.15) is 5.10 Å². The molecule has 0 spiro atoms. The number of rotatable bonds is 3. The molecule has 0 aliphatic carbocycles. The Hall–Kier alpha value is -1.36. The highest BCUT2D eigenvalue weighted by Gasteiger charge is 2.22. The van der Waals surface area contributed by atoms with Crippen molar-refractivity contribution >= 4 is 5.97 Å². The summed E-state index contributed by atoms with van der Waals surface area (Å²) in [5.74, 6) is -0.897. The predicted octanol–water partition coefficient (Wildman–Crippen LogP) is 1.19. The number of aromatic nitrogens is 2. The van der Waals surface area contributed by atoms with Crippen LogP contribution in [0.3, 0.4) is 0 Å². The molecule has 0 saturated carbocycles. The number of hydrogen-bond donors (Lipinski definition) is 2. The van der Waals surface area contributed by atoms with Crippen molar-refractivity contribution in [2.24, 2.45) is 12.8 Å². The second kappa shape index (κ2) is 4.25. The zero-order valence-corrected chi connectivity index (χ0v) is 10.2. The average Bonchev–Trinajstić information content (AvgIpc) is 2.44. The van der Waals surface area contributed by atoms with Crippen LogP contribution in [0.4, 0.5) is 0 Å². The van der Waals surface area contributed by atoms with E-state index in [2.05, 4.69) is 25.9 Å². The van der Waals surface area contributed by atoms with E-state index < -0.39 is 12.0 Å². The highest BCUT2D eigenvalue weighted by molar-refractivity contribution is 5.67. The SMILES string of the molecule is Cn1nc(C(C)(C)C)cc1C(N)CC(=O)O. The summed E-state index contributed by atoms with van der Waals surface area (Å²) in [6, 6.07) is 1.37. The topological polar surface area (TPSA) is 81.1 Å². The van der Waals surface area contributed by atoms with Crippen molar-refractivity contribution in [2.45, 2.75) is 38.6 Å². The molecule has 1 rings (SSSR count). The van der Waals surface area contributed by atoms with Crippen LogP contribution in [-0.4, -0.2) is 20.9 Å². The van der Waals surface area contributed by atoms with Crippen molar-refractivity contribution in [2.75, 3.05) is 0 Å². The third-order valence-corrected chi connectivity index (χ3v) is 2.46. The van der Waals surface area contributed by atoms with E-state index in [9.17, 15) is 4.79 Å². The molecule has 1 atom stereocenters. The molecule has 16 heavy (non-hydrogen) atoms. The van der Waals surface area contributed by atoms with Gasteiger partial charge in [0.2, 0.25) is 0 Å². The fourth-order valence-electron chi connectivity index (χ4n) is 1.49. The minimum Gasteiger partial charge on any atom is -0.481 e. The van der Waals surface area contributed by atoms with E-state index >= 15 is 0 Å². The first-order valence-electron chi connectivity index (χ1n) is 5.23. The Kier molecular flexibility index (Phi) is 3.38. The van der Waals surface area contributed by atoms with Gasteiger partial charge >= 0.3 is 5.97 Å². The quantitative estimate of drug-likeness (QED) is 0.809. The van der Waals surface area contributed by atoms with Gasteiger partial charge in [-0.25, -0.2) is 0 Å². The average molecular weight is 225 g/mol. The van der Waals surface area contributed by atoms with Gasteiger partial charge in [-0.3, -0.25) is 9.48 Å². The third kappa shape index (κ3) is 2.82. The lowest BCUT2D eigenvalue weighted by Gasteiger charge is -2.13. The molecule has 0 amide bonds. The van der Waals surface area contributed by atoms with Gasteiger partial charge in [0.1, 0.15) is 0 Å². The zero-order chi connectivity index (χ0) is 12.5. The van der Waals surface area contributed by atoms with Gasteiger partial charge in [-0.05, 0) is 6.07 Å². The van der Waals surface area contributed by atoms with Gasteiger partial charge < -0.3 is 10.8 Å². The summed E-state index contributed by atoms with van der Waals surface area (Å²) in [6.45, 7) is 6.17. The summed E-state index contributed by atoms with van der Waals surface area (Å²) in [6.07, 6.45) is -0.0802. The summed E-state index contributed by atoms with van der Waals surface area (Å²) < 4.78 is 1.66. The van der Waals surface area contributed by atoms with Gasteiger partial charge in [-0.15, -0.1) is 0 Å².